The van der Waals surface area contributed by atoms with Gasteiger partial charge in [-0.2, -0.15) is 0 Å². The van der Waals surface area contributed by atoms with Gasteiger partial charge in [0.1, 0.15) is 6.10 Å². The molecule has 0 saturated carbocycles. The number of aliphatic hydroxyl groups is 4. The molecule has 0 spiro atoms. The molecule has 0 radical (unpaired) electrons. The molecule has 9 nitrogen and oxygen atoms in total. The molecule has 0 aliphatic carbocycles. The molecular formula is C6H8N3NaO6. The summed E-state index contributed by atoms with van der Waals surface area (Å²) < 4.78 is 4.32. The maximum absolute atomic E-state index is 10.5. The van der Waals surface area contributed by atoms with E-state index in [4.69, 9.17) is 31.5 Å². The zero-order valence-electron chi connectivity index (χ0n) is 8.31. The minimum absolute atomic E-state index is 0. The van der Waals surface area contributed by atoms with Crippen molar-refractivity contribution in [3.63, 3.8) is 0 Å². The number of carbonyl (C=O) groups excluding carboxylic acids is 1. The van der Waals surface area contributed by atoms with Crippen molar-refractivity contribution >= 4 is 5.97 Å². The van der Waals surface area contributed by atoms with Gasteiger partial charge in [-0.05, 0) is 0 Å². The zero-order chi connectivity index (χ0) is 12.0. The Morgan fingerprint density at radius 3 is 2.12 bits per heavy atom. The van der Waals surface area contributed by atoms with E-state index in [2.05, 4.69) is 4.74 Å². The quantitative estimate of drug-likeness (QED) is 0.128. The predicted octanol–water partition coefficient (Wildman–Crippen LogP) is -3.54. The third-order valence-electron chi connectivity index (χ3n) is 1.48. The number of rotatable bonds is 2. The average Bonchev–Trinajstić information content (AvgIpc) is 2.46. The summed E-state index contributed by atoms with van der Waals surface area (Å²) in [5.74, 6) is -2.78. The van der Waals surface area contributed by atoms with Crippen molar-refractivity contribution in [3.05, 3.63) is 27.5 Å². The molecule has 0 saturated heterocycles. The van der Waals surface area contributed by atoms with Crippen LogP contribution in [0.15, 0.2) is 11.5 Å². The van der Waals surface area contributed by atoms with E-state index >= 15 is 0 Å². The van der Waals surface area contributed by atoms with Crippen LogP contribution in [0.4, 0.5) is 0 Å². The van der Waals surface area contributed by atoms with E-state index in [9.17, 15) is 4.79 Å². The Bertz CT molecular complexity index is 313. The number of esters is 1. The van der Waals surface area contributed by atoms with Crippen LogP contribution < -0.4 is 29.6 Å². The molecule has 0 aromatic rings. The average molecular weight is 241 g/mol. The molecule has 0 aromatic heterocycles. The van der Waals surface area contributed by atoms with E-state index in [0.717, 1.165) is 0 Å². The number of hydrogen-bond donors (Lipinski definition) is 4. The summed E-state index contributed by atoms with van der Waals surface area (Å²) in [6.07, 6.45) is -2.78. The maximum atomic E-state index is 10.5. The van der Waals surface area contributed by atoms with Crippen LogP contribution in [-0.2, 0) is 9.53 Å². The first kappa shape index (κ1) is 17.4. The van der Waals surface area contributed by atoms with Gasteiger partial charge >= 0.3 is 35.5 Å². The Balaban J connectivity index is 0. The Morgan fingerprint density at radius 1 is 1.44 bits per heavy atom. The fourth-order valence-corrected chi connectivity index (χ4v) is 0.823. The van der Waals surface area contributed by atoms with Crippen molar-refractivity contribution in [1.29, 1.82) is 0 Å². The van der Waals surface area contributed by atoms with Crippen LogP contribution in [0.5, 0.6) is 0 Å². The van der Waals surface area contributed by atoms with Crippen LogP contribution in [0.25, 0.3) is 16.0 Å². The topological polar surface area (TPSA) is 166 Å². The van der Waals surface area contributed by atoms with Gasteiger partial charge in [0.05, 0.1) is 6.61 Å². The molecule has 4 N–H and O–H groups in total. The van der Waals surface area contributed by atoms with Crippen molar-refractivity contribution in [2.45, 2.75) is 12.2 Å². The van der Waals surface area contributed by atoms with E-state index < -0.39 is 36.3 Å². The maximum Gasteiger partial charge on any atom is 1.00 e. The summed E-state index contributed by atoms with van der Waals surface area (Å²) in [5.41, 5.74) is 13.5. The number of aliphatic hydroxyl groups excluding tert-OH is 4. The number of hydrogen-bond acceptors (Lipinski definition) is 6. The number of ether oxygens (including phenoxy) is 1. The van der Waals surface area contributed by atoms with Gasteiger partial charge in [-0.1, -0.05) is 0 Å². The van der Waals surface area contributed by atoms with Crippen LogP contribution in [-0.4, -0.2) is 45.2 Å². The van der Waals surface area contributed by atoms with Crippen LogP contribution in [0.1, 0.15) is 0 Å². The number of nitrogens with zero attached hydrogens (tertiary/aromatic N) is 3. The fourth-order valence-electron chi connectivity index (χ4n) is 0.823. The van der Waals surface area contributed by atoms with Gasteiger partial charge in [0.2, 0.25) is 5.76 Å². The van der Waals surface area contributed by atoms with Gasteiger partial charge < -0.3 is 36.2 Å². The fraction of sp³-hybridized carbons (Fsp3) is 0.500. The molecule has 0 fully saturated rings. The minimum atomic E-state index is -1.42. The molecule has 1 aliphatic heterocycles. The largest absolute Gasteiger partial charge is 1.00 e. The van der Waals surface area contributed by atoms with Crippen molar-refractivity contribution in [1.82, 2.24) is 0 Å². The van der Waals surface area contributed by atoms with Crippen LogP contribution in [0.2, 0.25) is 0 Å². The molecule has 0 amide bonds. The molecule has 0 bridgehead atoms. The molecular weight excluding hydrogens is 233 g/mol. The Kier molecular flexibility index (Phi) is 8.96. The van der Waals surface area contributed by atoms with E-state index in [1.807, 2.05) is 0 Å². The Labute approximate surface area is 112 Å². The van der Waals surface area contributed by atoms with Gasteiger partial charge in [0, 0.05) is 0 Å². The second-order valence-electron chi connectivity index (χ2n) is 2.40. The molecule has 1 aliphatic rings. The van der Waals surface area contributed by atoms with E-state index in [1.165, 1.54) is 4.91 Å². The van der Waals surface area contributed by atoms with E-state index in [0.29, 0.717) is 0 Å². The predicted molar refractivity (Wildman–Crippen MR) is 45.3 cm³/mol. The second-order valence-corrected chi connectivity index (χ2v) is 2.40. The minimum Gasteiger partial charge on any atom is -0.505 e. The van der Waals surface area contributed by atoms with E-state index in [1.54, 1.807) is 0 Å². The normalized spacial score (nSPS) is 19.9. The van der Waals surface area contributed by atoms with Crippen LogP contribution in [0.3, 0.4) is 0 Å². The molecule has 0 aromatic carbocycles. The summed E-state index contributed by atoms with van der Waals surface area (Å²) in [7, 11) is 0. The SMILES string of the molecule is O=C1O[C@H]([C@@H](O)CO)C(O)=C1O.[N-]=[N+]=[N-].[Na+]. The Morgan fingerprint density at radius 2 is 1.88 bits per heavy atom. The molecule has 1 rings (SSSR count). The number of carbonyl (C=O) groups is 1. The van der Waals surface area contributed by atoms with Gasteiger partial charge in [0.25, 0.3) is 0 Å². The third kappa shape index (κ3) is 4.27. The zero-order valence-corrected chi connectivity index (χ0v) is 10.3. The van der Waals surface area contributed by atoms with Crippen molar-refractivity contribution in [2.24, 2.45) is 0 Å². The molecule has 0 unspecified atom stereocenters. The smallest absolute Gasteiger partial charge is 0.505 e. The van der Waals surface area contributed by atoms with Crippen LogP contribution >= 0.6 is 0 Å². The van der Waals surface area contributed by atoms with Crippen LogP contribution in [0, 0.1) is 0 Å². The van der Waals surface area contributed by atoms with Crippen molar-refractivity contribution < 1.29 is 59.5 Å². The standard InChI is InChI=1S/C6H8O6.N3.Na/c7-1-2(8)5-3(9)4(10)6(11)12-5;1-3-2;/h2,5,7-10H,1H2;;/q;-1;+1/t2-,5+;;/m0../s1. The van der Waals surface area contributed by atoms with E-state index in [-0.39, 0.29) is 29.6 Å². The molecule has 1 heterocycles. The van der Waals surface area contributed by atoms with Gasteiger partial charge in [-0.3, -0.25) is 4.91 Å². The summed E-state index contributed by atoms with van der Waals surface area (Å²) in [6, 6.07) is 0. The summed E-state index contributed by atoms with van der Waals surface area (Å²) in [4.78, 5) is 12.0. The summed E-state index contributed by atoms with van der Waals surface area (Å²) in [6.45, 7) is -0.671. The number of cyclic esters (lactones) is 1. The molecule has 84 valence electrons. The summed E-state index contributed by atoms with van der Waals surface area (Å²) >= 11 is 0. The second kappa shape index (κ2) is 8.22. The first-order valence-electron chi connectivity index (χ1n) is 3.60. The molecule has 2 atom stereocenters. The van der Waals surface area contributed by atoms with Gasteiger partial charge in [-0.25, -0.2) is 4.79 Å². The third-order valence-corrected chi connectivity index (χ3v) is 1.48. The Hall–Kier alpha value is -0.960. The first-order chi connectivity index (χ1) is 6.99. The van der Waals surface area contributed by atoms with Crippen molar-refractivity contribution in [3.8, 4) is 0 Å². The van der Waals surface area contributed by atoms with Crippen molar-refractivity contribution in [2.75, 3.05) is 6.61 Å². The first-order valence-corrected chi connectivity index (χ1v) is 3.60. The molecule has 10 heteroatoms. The van der Waals surface area contributed by atoms with Gasteiger partial charge in [0.15, 0.2) is 11.9 Å². The monoisotopic (exact) mass is 241 g/mol. The summed E-state index contributed by atoms with van der Waals surface area (Å²) in [5, 5.41) is 35.0. The molecule has 16 heavy (non-hydrogen) atoms. The van der Waals surface area contributed by atoms with Gasteiger partial charge in [-0.15, -0.1) is 0 Å².